The number of rotatable bonds is 25. The molecular weight excluding hydrogens is 441 g/mol. The van der Waals surface area contributed by atoms with E-state index in [4.69, 9.17) is 4.52 Å². The lowest BCUT2D eigenvalue weighted by Gasteiger charge is -2.35. The molecule has 204 valence electrons. The molecule has 0 aliphatic rings. The number of nitrogens with zero attached hydrogens (tertiary/aromatic N) is 1. The molecule has 0 aromatic rings. The Labute approximate surface area is 214 Å². The minimum atomic E-state index is -3.58. The van der Waals surface area contributed by atoms with Gasteiger partial charge in [0.15, 0.2) is 5.78 Å². The fraction of sp³-hybridized carbons (Fsp3) is 0.931. The van der Waals surface area contributed by atoms with Crippen LogP contribution in [0.15, 0.2) is 12.2 Å². The zero-order chi connectivity index (χ0) is 25.5. The molecule has 0 heterocycles. The fourth-order valence-corrected chi connectivity index (χ4v) is 6.65. The zero-order valence-electron chi connectivity index (χ0n) is 23.7. The van der Waals surface area contributed by atoms with Crippen LogP contribution < -0.4 is 0 Å². The van der Waals surface area contributed by atoms with Crippen molar-refractivity contribution in [1.29, 1.82) is 0 Å². The summed E-state index contributed by atoms with van der Waals surface area (Å²) in [5, 5.41) is 0. The molecule has 0 aliphatic heterocycles. The summed E-state index contributed by atoms with van der Waals surface area (Å²) < 4.78 is 18.3. The minimum Gasteiger partial charge on any atom is -0.320 e. The quantitative estimate of drug-likeness (QED) is 0.0585. The lowest BCUT2D eigenvalue weighted by Crippen LogP contribution is -2.44. The molecule has 1 N–H and O–H groups in total. The Morgan fingerprint density at radius 1 is 0.676 bits per heavy atom. The van der Waals surface area contributed by atoms with Crippen LogP contribution in [0.4, 0.5) is 0 Å². The zero-order valence-corrected chi connectivity index (χ0v) is 24.6. The lowest BCUT2D eigenvalue weighted by molar-refractivity contribution is -0.883. The average molecular weight is 503 g/mol. The maximum Gasteiger partial charge on any atom is 0.385 e. The molecule has 34 heavy (non-hydrogen) atoms. The smallest absolute Gasteiger partial charge is 0.320 e. The van der Waals surface area contributed by atoms with Gasteiger partial charge < -0.3 is 13.9 Å². The average Bonchev–Trinajstić information content (AvgIpc) is 2.76. The predicted molar refractivity (Wildman–Crippen MR) is 150 cm³/mol. The van der Waals surface area contributed by atoms with E-state index in [0.717, 1.165) is 6.42 Å². The van der Waals surface area contributed by atoms with E-state index in [1.165, 1.54) is 109 Å². The highest BCUT2D eigenvalue weighted by Gasteiger charge is 2.41. The maximum atomic E-state index is 12.5. The van der Waals surface area contributed by atoms with Crippen LogP contribution >= 0.6 is 7.60 Å². The molecule has 0 radical (unpaired) electrons. The summed E-state index contributed by atoms with van der Waals surface area (Å²) in [5.41, 5.74) is 0. The summed E-state index contributed by atoms with van der Waals surface area (Å²) in [5.74, 6) is -0.369. The second-order valence-corrected chi connectivity index (χ2v) is 13.1. The van der Waals surface area contributed by atoms with E-state index in [9.17, 15) is 9.46 Å². The summed E-state index contributed by atoms with van der Waals surface area (Å²) in [7, 11) is 2.25. The van der Waals surface area contributed by atoms with E-state index in [2.05, 4.69) is 19.1 Å². The van der Waals surface area contributed by atoms with Crippen LogP contribution in [0.5, 0.6) is 0 Å². The van der Waals surface area contributed by atoms with E-state index in [-0.39, 0.29) is 5.78 Å². The molecule has 5 heteroatoms. The number of allylic oxidation sites excluding steroid dienone is 1. The molecule has 2 unspecified atom stereocenters. The molecule has 0 aromatic carbocycles. The van der Waals surface area contributed by atoms with Gasteiger partial charge >= 0.3 is 7.60 Å². The van der Waals surface area contributed by atoms with Crippen molar-refractivity contribution in [3.63, 3.8) is 0 Å². The second-order valence-electron chi connectivity index (χ2n) is 11.1. The van der Waals surface area contributed by atoms with Crippen molar-refractivity contribution < 1.29 is 18.5 Å². The Hall–Kier alpha value is -0.150. The third kappa shape index (κ3) is 20.1. The van der Waals surface area contributed by atoms with E-state index < -0.39 is 7.60 Å². The summed E-state index contributed by atoms with van der Waals surface area (Å²) in [6, 6.07) is 0. The molecular formula is C29H61NO3P+. The van der Waals surface area contributed by atoms with Crippen molar-refractivity contribution >= 4 is 7.60 Å². The van der Waals surface area contributed by atoms with Crippen LogP contribution in [0.3, 0.4) is 0 Å². The highest BCUT2D eigenvalue weighted by Crippen LogP contribution is 2.51. The molecule has 0 saturated carbocycles. The molecule has 0 aliphatic carbocycles. The number of quaternary nitrogens is 1. The SMILES string of the molecule is CCCCCCCCCCCCCCCCCCCC=CCCOP(=O)(O)C(CC)[N+](C)(C)C. The maximum absolute atomic E-state index is 12.5. The summed E-state index contributed by atoms with van der Waals surface area (Å²) >= 11 is 0. The van der Waals surface area contributed by atoms with Crippen molar-refractivity contribution in [2.75, 3.05) is 27.7 Å². The fourth-order valence-electron chi connectivity index (χ4n) is 4.78. The number of hydrogen-bond donors (Lipinski definition) is 1. The van der Waals surface area contributed by atoms with Gasteiger partial charge in [0.25, 0.3) is 0 Å². The van der Waals surface area contributed by atoms with Crippen LogP contribution in [0.2, 0.25) is 0 Å². The van der Waals surface area contributed by atoms with Crippen LogP contribution in [0.1, 0.15) is 142 Å². The normalized spacial score (nSPS) is 15.1. The molecule has 0 bridgehead atoms. The van der Waals surface area contributed by atoms with Crippen LogP contribution in [0, 0.1) is 0 Å². The first-order chi connectivity index (χ1) is 16.3. The third-order valence-corrected chi connectivity index (χ3v) is 9.20. The highest BCUT2D eigenvalue weighted by atomic mass is 31.2. The summed E-state index contributed by atoms with van der Waals surface area (Å²) in [6.07, 6.45) is 30.6. The number of hydrogen-bond acceptors (Lipinski definition) is 2. The van der Waals surface area contributed by atoms with Crippen LogP contribution in [-0.2, 0) is 9.09 Å². The monoisotopic (exact) mass is 502 g/mol. The molecule has 2 atom stereocenters. The van der Waals surface area contributed by atoms with Crippen molar-refractivity contribution in [3.8, 4) is 0 Å². The van der Waals surface area contributed by atoms with Gasteiger partial charge in [-0.3, -0.25) is 4.57 Å². The van der Waals surface area contributed by atoms with Crippen molar-refractivity contribution in [2.45, 2.75) is 148 Å². The van der Waals surface area contributed by atoms with E-state index in [1.54, 1.807) is 0 Å². The van der Waals surface area contributed by atoms with Gasteiger partial charge in [-0.15, -0.1) is 0 Å². The van der Waals surface area contributed by atoms with Gasteiger partial charge in [0.05, 0.1) is 27.7 Å². The second kappa shape index (κ2) is 22.1. The molecule has 4 nitrogen and oxygen atoms in total. The molecule has 0 rings (SSSR count). The molecule has 0 saturated heterocycles. The van der Waals surface area contributed by atoms with Gasteiger partial charge in [-0.2, -0.15) is 0 Å². The van der Waals surface area contributed by atoms with Gasteiger partial charge in [-0.05, 0) is 19.3 Å². The predicted octanol–water partition coefficient (Wildman–Crippen LogP) is 9.62. The van der Waals surface area contributed by atoms with Gasteiger partial charge in [0.2, 0.25) is 0 Å². The van der Waals surface area contributed by atoms with Crippen LogP contribution in [0.25, 0.3) is 0 Å². The van der Waals surface area contributed by atoms with E-state index in [0.29, 0.717) is 23.9 Å². The Balaban J connectivity index is 3.42. The van der Waals surface area contributed by atoms with Gasteiger partial charge in [-0.1, -0.05) is 129 Å². The third-order valence-electron chi connectivity index (χ3n) is 6.84. The topological polar surface area (TPSA) is 46.5 Å². The number of unbranched alkanes of at least 4 members (excludes halogenated alkanes) is 17. The van der Waals surface area contributed by atoms with Gasteiger partial charge in [-0.25, -0.2) is 0 Å². The standard InChI is InChI=1S/C29H60NO3P/c1-6-8-9-10-11-12-13-14-15-16-17-18-19-20-21-22-23-24-25-26-27-28-33-34(31,32)29(7-2)30(3,4)5/h25-26,29H,6-24,27-28H2,1-5H3/p+1. The van der Waals surface area contributed by atoms with Gasteiger partial charge in [0.1, 0.15) is 0 Å². The first kappa shape index (κ1) is 33.8. The van der Waals surface area contributed by atoms with Crippen LogP contribution in [-0.4, -0.2) is 42.9 Å². The first-order valence-corrected chi connectivity index (χ1v) is 16.3. The highest BCUT2D eigenvalue weighted by molar-refractivity contribution is 7.53. The molecule has 0 spiro atoms. The van der Waals surface area contributed by atoms with E-state index >= 15 is 0 Å². The van der Waals surface area contributed by atoms with Crippen molar-refractivity contribution in [2.24, 2.45) is 0 Å². The molecule has 0 amide bonds. The summed E-state index contributed by atoms with van der Waals surface area (Å²) in [6.45, 7) is 4.55. The summed E-state index contributed by atoms with van der Waals surface area (Å²) in [4.78, 5) is 10.3. The Morgan fingerprint density at radius 2 is 1.06 bits per heavy atom. The molecule has 0 aromatic heterocycles. The lowest BCUT2D eigenvalue weighted by atomic mass is 10.0. The Morgan fingerprint density at radius 3 is 1.44 bits per heavy atom. The van der Waals surface area contributed by atoms with Crippen molar-refractivity contribution in [1.82, 2.24) is 0 Å². The van der Waals surface area contributed by atoms with E-state index in [1.807, 2.05) is 28.1 Å². The first-order valence-electron chi connectivity index (χ1n) is 14.7. The Kier molecular flexibility index (Phi) is 22.0. The minimum absolute atomic E-state index is 0.319. The van der Waals surface area contributed by atoms with Gasteiger partial charge in [0, 0.05) is 6.42 Å². The van der Waals surface area contributed by atoms with Crippen molar-refractivity contribution in [3.05, 3.63) is 12.2 Å². The largest absolute Gasteiger partial charge is 0.385 e. The molecule has 0 fully saturated rings. The Bertz CT molecular complexity index is 516.